The van der Waals surface area contributed by atoms with Crippen LogP contribution in [0.1, 0.15) is 11.1 Å². The van der Waals surface area contributed by atoms with Crippen molar-refractivity contribution < 1.29 is 15.0 Å². The topological polar surface area (TPSA) is 69.6 Å². The molecule has 0 spiro atoms. The quantitative estimate of drug-likeness (QED) is 0.747. The van der Waals surface area contributed by atoms with Gasteiger partial charge in [0.2, 0.25) is 5.91 Å². The summed E-state index contributed by atoms with van der Waals surface area (Å²) >= 11 is 0. The van der Waals surface area contributed by atoms with E-state index in [1.54, 1.807) is 54.6 Å². The number of aromatic hydroxyl groups is 2. The summed E-state index contributed by atoms with van der Waals surface area (Å²) < 4.78 is 0. The minimum absolute atomic E-state index is 0.134. The van der Waals surface area contributed by atoms with E-state index in [9.17, 15) is 9.90 Å². The Hall–Kier alpha value is -2.75. The Morgan fingerprint density at radius 1 is 1.05 bits per heavy atom. The van der Waals surface area contributed by atoms with E-state index in [0.29, 0.717) is 12.1 Å². The van der Waals surface area contributed by atoms with Gasteiger partial charge in [-0.25, -0.2) is 0 Å². The third kappa shape index (κ3) is 3.88. The highest BCUT2D eigenvalue weighted by Gasteiger charge is 1.99. The van der Waals surface area contributed by atoms with Gasteiger partial charge in [-0.2, -0.15) is 0 Å². The lowest BCUT2D eigenvalue weighted by Crippen LogP contribution is -2.20. The lowest BCUT2D eigenvalue weighted by molar-refractivity contribution is -0.116. The standard InChI is InChI=1S/C16H15NO3/c18-14-8-5-12(6-9-14)11-17-16(20)10-7-13-3-1-2-4-15(13)19/h1-10,18-19H,11H2,(H,17,20)/b10-7+. The largest absolute Gasteiger partial charge is 0.508 e. The Balaban J connectivity index is 1.90. The number of amides is 1. The molecule has 4 heteroatoms. The molecule has 0 aliphatic rings. The third-order valence-electron chi connectivity index (χ3n) is 2.75. The molecule has 2 rings (SSSR count). The van der Waals surface area contributed by atoms with E-state index in [0.717, 1.165) is 5.56 Å². The fraction of sp³-hybridized carbons (Fsp3) is 0.0625. The van der Waals surface area contributed by atoms with Crippen molar-refractivity contribution in [2.24, 2.45) is 0 Å². The molecule has 0 aliphatic heterocycles. The van der Waals surface area contributed by atoms with E-state index >= 15 is 0 Å². The van der Waals surface area contributed by atoms with Crippen LogP contribution >= 0.6 is 0 Å². The van der Waals surface area contributed by atoms with Crippen LogP contribution in [-0.4, -0.2) is 16.1 Å². The van der Waals surface area contributed by atoms with Crippen LogP contribution in [0.15, 0.2) is 54.6 Å². The molecule has 3 N–H and O–H groups in total. The number of rotatable bonds is 4. The highest BCUT2D eigenvalue weighted by molar-refractivity contribution is 5.92. The third-order valence-corrected chi connectivity index (χ3v) is 2.75. The van der Waals surface area contributed by atoms with Crippen molar-refractivity contribution in [1.29, 1.82) is 0 Å². The molecule has 0 aliphatic carbocycles. The molecule has 1 amide bonds. The normalized spacial score (nSPS) is 10.6. The van der Waals surface area contributed by atoms with Crippen molar-refractivity contribution in [2.45, 2.75) is 6.54 Å². The molecule has 0 unspecified atom stereocenters. The molecule has 0 aromatic heterocycles. The summed E-state index contributed by atoms with van der Waals surface area (Å²) in [7, 11) is 0. The molecule has 0 fully saturated rings. The van der Waals surface area contributed by atoms with Crippen LogP contribution in [0.5, 0.6) is 11.5 Å². The van der Waals surface area contributed by atoms with Gasteiger partial charge >= 0.3 is 0 Å². The van der Waals surface area contributed by atoms with Gasteiger partial charge in [-0.05, 0) is 29.8 Å². The predicted molar refractivity (Wildman–Crippen MR) is 77.1 cm³/mol. The van der Waals surface area contributed by atoms with Crippen LogP contribution in [0, 0.1) is 0 Å². The predicted octanol–water partition coefficient (Wildman–Crippen LogP) is 2.43. The number of phenolic OH excluding ortho intramolecular Hbond substituents is 2. The minimum Gasteiger partial charge on any atom is -0.508 e. The van der Waals surface area contributed by atoms with E-state index in [4.69, 9.17) is 5.11 Å². The van der Waals surface area contributed by atoms with Gasteiger partial charge in [0.25, 0.3) is 0 Å². The van der Waals surface area contributed by atoms with Gasteiger partial charge in [-0.3, -0.25) is 4.79 Å². The summed E-state index contributed by atoms with van der Waals surface area (Å²) in [5, 5.41) is 21.4. The molecule has 102 valence electrons. The van der Waals surface area contributed by atoms with Crippen molar-refractivity contribution in [3.8, 4) is 11.5 Å². The van der Waals surface area contributed by atoms with Crippen LogP contribution in [0.2, 0.25) is 0 Å². The molecule has 2 aromatic rings. The van der Waals surface area contributed by atoms with Gasteiger partial charge in [-0.15, -0.1) is 0 Å². The summed E-state index contributed by atoms with van der Waals surface area (Å²) in [4.78, 5) is 11.6. The Morgan fingerprint density at radius 3 is 2.45 bits per heavy atom. The number of hydrogen-bond acceptors (Lipinski definition) is 3. The maximum Gasteiger partial charge on any atom is 0.244 e. The molecular formula is C16H15NO3. The van der Waals surface area contributed by atoms with Crippen molar-refractivity contribution in [2.75, 3.05) is 0 Å². The van der Waals surface area contributed by atoms with Crippen LogP contribution in [0.4, 0.5) is 0 Å². The van der Waals surface area contributed by atoms with E-state index in [2.05, 4.69) is 5.32 Å². The highest BCUT2D eigenvalue weighted by atomic mass is 16.3. The molecule has 0 atom stereocenters. The summed E-state index contributed by atoms with van der Waals surface area (Å²) in [6.07, 6.45) is 2.93. The number of phenols is 2. The van der Waals surface area contributed by atoms with Gasteiger partial charge in [-0.1, -0.05) is 30.3 Å². The zero-order chi connectivity index (χ0) is 14.4. The maximum absolute atomic E-state index is 11.6. The van der Waals surface area contributed by atoms with Gasteiger partial charge in [0.05, 0.1) is 0 Å². The van der Waals surface area contributed by atoms with Crippen molar-refractivity contribution in [3.63, 3.8) is 0 Å². The Kier molecular flexibility index (Phi) is 4.39. The highest BCUT2D eigenvalue weighted by Crippen LogP contribution is 2.16. The molecule has 0 heterocycles. The first-order valence-corrected chi connectivity index (χ1v) is 6.17. The first-order valence-electron chi connectivity index (χ1n) is 6.17. The summed E-state index contributed by atoms with van der Waals surface area (Å²) in [5.74, 6) is 0.0796. The van der Waals surface area contributed by atoms with Crippen LogP contribution < -0.4 is 5.32 Å². The second-order valence-electron chi connectivity index (χ2n) is 4.28. The second kappa shape index (κ2) is 6.43. The summed E-state index contributed by atoms with van der Waals surface area (Å²) in [6.45, 7) is 0.379. The number of carbonyl (C=O) groups is 1. The molecule has 0 saturated carbocycles. The van der Waals surface area contributed by atoms with Crippen molar-refractivity contribution >= 4 is 12.0 Å². The number of para-hydroxylation sites is 1. The smallest absolute Gasteiger partial charge is 0.244 e. The molecule has 20 heavy (non-hydrogen) atoms. The van der Waals surface area contributed by atoms with E-state index < -0.39 is 0 Å². The number of hydrogen-bond donors (Lipinski definition) is 3. The molecule has 0 saturated heterocycles. The summed E-state index contributed by atoms with van der Waals surface area (Å²) in [5.41, 5.74) is 1.49. The fourth-order valence-electron chi connectivity index (χ4n) is 1.66. The Bertz CT molecular complexity index is 618. The zero-order valence-corrected chi connectivity index (χ0v) is 10.8. The van der Waals surface area contributed by atoms with Crippen LogP contribution in [0.25, 0.3) is 6.08 Å². The fourth-order valence-corrected chi connectivity index (χ4v) is 1.66. The minimum atomic E-state index is -0.249. The van der Waals surface area contributed by atoms with Crippen LogP contribution in [-0.2, 0) is 11.3 Å². The SMILES string of the molecule is O=C(/C=C/c1ccccc1O)NCc1ccc(O)cc1. The van der Waals surface area contributed by atoms with Gasteiger partial charge in [0.1, 0.15) is 11.5 Å². The van der Waals surface area contributed by atoms with E-state index in [1.807, 2.05) is 0 Å². The van der Waals surface area contributed by atoms with E-state index in [-0.39, 0.29) is 17.4 Å². The first-order chi connectivity index (χ1) is 9.65. The molecular weight excluding hydrogens is 254 g/mol. The average Bonchev–Trinajstić information content (AvgIpc) is 2.46. The van der Waals surface area contributed by atoms with Gasteiger partial charge < -0.3 is 15.5 Å². The van der Waals surface area contributed by atoms with Crippen molar-refractivity contribution in [1.82, 2.24) is 5.32 Å². The lowest BCUT2D eigenvalue weighted by Gasteiger charge is -2.03. The summed E-state index contributed by atoms with van der Waals surface area (Å²) in [6, 6.07) is 13.4. The first kappa shape index (κ1) is 13.7. The van der Waals surface area contributed by atoms with Gasteiger partial charge in [0.15, 0.2) is 0 Å². The zero-order valence-electron chi connectivity index (χ0n) is 10.8. The Morgan fingerprint density at radius 2 is 1.75 bits per heavy atom. The second-order valence-corrected chi connectivity index (χ2v) is 4.28. The van der Waals surface area contributed by atoms with Crippen molar-refractivity contribution in [3.05, 3.63) is 65.7 Å². The lowest BCUT2D eigenvalue weighted by atomic mass is 10.2. The molecule has 4 nitrogen and oxygen atoms in total. The maximum atomic E-state index is 11.6. The Labute approximate surface area is 117 Å². The van der Waals surface area contributed by atoms with E-state index in [1.165, 1.54) is 6.08 Å². The molecule has 0 bridgehead atoms. The number of benzene rings is 2. The molecule has 2 aromatic carbocycles. The van der Waals surface area contributed by atoms with Crippen LogP contribution in [0.3, 0.4) is 0 Å². The van der Waals surface area contributed by atoms with Gasteiger partial charge in [0, 0.05) is 18.2 Å². The average molecular weight is 269 g/mol. The molecule has 0 radical (unpaired) electrons. The number of nitrogens with one attached hydrogen (secondary N) is 1. The number of carbonyl (C=O) groups excluding carboxylic acids is 1. The monoisotopic (exact) mass is 269 g/mol.